The average Bonchev–Trinajstić information content (AvgIpc) is 2.63. The summed E-state index contributed by atoms with van der Waals surface area (Å²) in [7, 11) is 0. The molecule has 88 valence electrons. The van der Waals surface area contributed by atoms with Crippen LogP contribution >= 0.6 is 0 Å². The van der Waals surface area contributed by atoms with Crippen LogP contribution in [0.4, 0.5) is 0 Å². The summed E-state index contributed by atoms with van der Waals surface area (Å²) in [6.07, 6.45) is 13.7. The van der Waals surface area contributed by atoms with Gasteiger partial charge < -0.3 is 0 Å². The molecule has 2 aliphatic rings. The highest BCUT2D eigenvalue weighted by molar-refractivity contribution is 4.77. The van der Waals surface area contributed by atoms with Crippen molar-refractivity contribution < 1.29 is 0 Å². The topological polar surface area (TPSA) is 0 Å². The summed E-state index contributed by atoms with van der Waals surface area (Å²) in [6.45, 7) is 4.90. The molecule has 0 heteroatoms. The van der Waals surface area contributed by atoms with Crippen molar-refractivity contribution in [2.24, 2.45) is 23.7 Å². The van der Waals surface area contributed by atoms with E-state index in [1.807, 2.05) is 0 Å². The molecule has 0 aromatic carbocycles. The highest BCUT2D eigenvalue weighted by Gasteiger charge is 2.25. The van der Waals surface area contributed by atoms with Crippen LogP contribution in [0.1, 0.15) is 71.6 Å². The minimum atomic E-state index is 1.02. The van der Waals surface area contributed by atoms with Gasteiger partial charge in [0.1, 0.15) is 0 Å². The van der Waals surface area contributed by atoms with Crippen molar-refractivity contribution in [3.8, 4) is 0 Å². The Morgan fingerprint density at radius 2 is 1.53 bits per heavy atom. The van der Waals surface area contributed by atoms with Crippen LogP contribution in [0.5, 0.6) is 0 Å². The van der Waals surface area contributed by atoms with E-state index in [1.165, 1.54) is 44.9 Å². The standard InChI is InChI=1S/C15H28/c1-12-6-8-14(9-7-12)10-11-15-5-3-4-13(15)2/h12-15H,3-11H2,1-2H3. The molecule has 0 heterocycles. The van der Waals surface area contributed by atoms with Crippen molar-refractivity contribution in [1.29, 1.82) is 0 Å². The Balaban J connectivity index is 1.65. The van der Waals surface area contributed by atoms with Gasteiger partial charge in [-0.2, -0.15) is 0 Å². The minimum absolute atomic E-state index is 1.02. The summed E-state index contributed by atoms with van der Waals surface area (Å²) in [4.78, 5) is 0. The second kappa shape index (κ2) is 5.37. The lowest BCUT2D eigenvalue weighted by Crippen LogP contribution is -2.14. The van der Waals surface area contributed by atoms with E-state index in [-0.39, 0.29) is 0 Å². The maximum Gasteiger partial charge on any atom is -0.0388 e. The molecule has 2 atom stereocenters. The molecule has 0 amide bonds. The molecular formula is C15H28. The molecule has 0 aromatic rings. The highest BCUT2D eigenvalue weighted by atomic mass is 14.3. The molecular weight excluding hydrogens is 180 g/mol. The molecule has 0 N–H and O–H groups in total. The first-order valence-corrected chi connectivity index (χ1v) is 7.25. The molecule has 2 unspecified atom stereocenters. The number of rotatable bonds is 3. The predicted molar refractivity (Wildman–Crippen MR) is 66.9 cm³/mol. The van der Waals surface area contributed by atoms with Crippen molar-refractivity contribution in [3.05, 3.63) is 0 Å². The van der Waals surface area contributed by atoms with Crippen LogP contribution in [0.3, 0.4) is 0 Å². The summed E-state index contributed by atoms with van der Waals surface area (Å²) >= 11 is 0. The van der Waals surface area contributed by atoms with Crippen molar-refractivity contribution in [2.75, 3.05) is 0 Å². The number of hydrogen-bond acceptors (Lipinski definition) is 0. The molecule has 2 saturated carbocycles. The van der Waals surface area contributed by atoms with Gasteiger partial charge in [0.15, 0.2) is 0 Å². The molecule has 15 heavy (non-hydrogen) atoms. The Bertz CT molecular complexity index is 176. The summed E-state index contributed by atoms with van der Waals surface area (Å²) in [5, 5.41) is 0. The van der Waals surface area contributed by atoms with Gasteiger partial charge in [-0.15, -0.1) is 0 Å². The van der Waals surface area contributed by atoms with Gasteiger partial charge in [-0.05, 0) is 30.1 Å². The fourth-order valence-electron chi connectivity index (χ4n) is 3.72. The van der Waals surface area contributed by atoms with Crippen LogP contribution in [0.25, 0.3) is 0 Å². The third-order valence-corrected chi connectivity index (χ3v) is 5.12. The van der Waals surface area contributed by atoms with Crippen LogP contribution in [0.2, 0.25) is 0 Å². The van der Waals surface area contributed by atoms with Crippen LogP contribution in [-0.4, -0.2) is 0 Å². The molecule has 0 bridgehead atoms. The smallest absolute Gasteiger partial charge is 0.0388 e. The largest absolute Gasteiger partial charge is 0.0625 e. The van der Waals surface area contributed by atoms with Gasteiger partial charge >= 0.3 is 0 Å². The van der Waals surface area contributed by atoms with Crippen LogP contribution in [0.15, 0.2) is 0 Å². The summed E-state index contributed by atoms with van der Waals surface area (Å²) in [5.74, 6) is 4.23. The van der Waals surface area contributed by atoms with E-state index < -0.39 is 0 Å². The monoisotopic (exact) mass is 208 g/mol. The molecule has 2 aliphatic carbocycles. The maximum absolute atomic E-state index is 2.47. The van der Waals surface area contributed by atoms with Gasteiger partial charge in [0.25, 0.3) is 0 Å². The molecule has 0 saturated heterocycles. The van der Waals surface area contributed by atoms with Gasteiger partial charge in [0.2, 0.25) is 0 Å². The lowest BCUT2D eigenvalue weighted by Gasteiger charge is -2.27. The van der Waals surface area contributed by atoms with Crippen LogP contribution in [-0.2, 0) is 0 Å². The van der Waals surface area contributed by atoms with Crippen LogP contribution < -0.4 is 0 Å². The predicted octanol–water partition coefficient (Wildman–Crippen LogP) is 5.03. The lowest BCUT2D eigenvalue weighted by atomic mass is 9.79. The Morgan fingerprint density at radius 1 is 0.800 bits per heavy atom. The average molecular weight is 208 g/mol. The van der Waals surface area contributed by atoms with E-state index in [0.29, 0.717) is 0 Å². The highest BCUT2D eigenvalue weighted by Crippen LogP contribution is 2.38. The van der Waals surface area contributed by atoms with E-state index in [4.69, 9.17) is 0 Å². The Hall–Kier alpha value is 0. The summed E-state index contributed by atoms with van der Waals surface area (Å²) in [5.41, 5.74) is 0. The molecule has 2 fully saturated rings. The molecule has 0 spiro atoms. The first-order chi connectivity index (χ1) is 7.25. The Morgan fingerprint density at radius 3 is 2.13 bits per heavy atom. The normalized spacial score (nSPS) is 42.0. The Kier molecular flexibility index (Phi) is 4.11. The third kappa shape index (κ3) is 3.23. The van der Waals surface area contributed by atoms with Gasteiger partial charge in [-0.1, -0.05) is 65.2 Å². The zero-order valence-electron chi connectivity index (χ0n) is 10.7. The minimum Gasteiger partial charge on any atom is -0.0625 e. The van der Waals surface area contributed by atoms with Crippen molar-refractivity contribution in [3.63, 3.8) is 0 Å². The first-order valence-electron chi connectivity index (χ1n) is 7.25. The molecule has 0 radical (unpaired) electrons. The van der Waals surface area contributed by atoms with E-state index in [2.05, 4.69) is 13.8 Å². The molecule has 0 nitrogen and oxygen atoms in total. The van der Waals surface area contributed by atoms with E-state index in [1.54, 1.807) is 12.8 Å². The van der Waals surface area contributed by atoms with E-state index in [9.17, 15) is 0 Å². The van der Waals surface area contributed by atoms with Gasteiger partial charge in [0.05, 0.1) is 0 Å². The van der Waals surface area contributed by atoms with Crippen molar-refractivity contribution >= 4 is 0 Å². The zero-order chi connectivity index (χ0) is 10.7. The van der Waals surface area contributed by atoms with Gasteiger partial charge in [-0.3, -0.25) is 0 Å². The lowest BCUT2D eigenvalue weighted by molar-refractivity contribution is 0.251. The zero-order valence-corrected chi connectivity index (χ0v) is 10.7. The fraction of sp³-hybridized carbons (Fsp3) is 1.00. The van der Waals surface area contributed by atoms with Crippen molar-refractivity contribution in [2.45, 2.75) is 71.6 Å². The quantitative estimate of drug-likeness (QED) is 0.610. The van der Waals surface area contributed by atoms with Gasteiger partial charge in [-0.25, -0.2) is 0 Å². The second-order valence-corrected chi connectivity index (χ2v) is 6.37. The molecule has 0 aliphatic heterocycles. The van der Waals surface area contributed by atoms with E-state index in [0.717, 1.165) is 23.7 Å². The molecule has 2 rings (SSSR count). The summed E-state index contributed by atoms with van der Waals surface area (Å²) in [6, 6.07) is 0. The second-order valence-electron chi connectivity index (χ2n) is 6.37. The number of hydrogen-bond donors (Lipinski definition) is 0. The fourth-order valence-corrected chi connectivity index (χ4v) is 3.72. The van der Waals surface area contributed by atoms with E-state index >= 15 is 0 Å². The first kappa shape index (κ1) is 11.5. The van der Waals surface area contributed by atoms with Crippen LogP contribution in [0, 0.1) is 23.7 Å². The SMILES string of the molecule is CC1CCC(CCC2CCCC2C)CC1. The Labute approximate surface area is 95.8 Å². The van der Waals surface area contributed by atoms with Gasteiger partial charge in [0, 0.05) is 0 Å². The summed E-state index contributed by atoms with van der Waals surface area (Å²) < 4.78 is 0. The van der Waals surface area contributed by atoms with Crippen molar-refractivity contribution in [1.82, 2.24) is 0 Å². The molecule has 0 aromatic heterocycles. The maximum atomic E-state index is 2.47. The third-order valence-electron chi connectivity index (χ3n) is 5.12.